The Morgan fingerprint density at radius 3 is 2.61 bits per heavy atom. The molecule has 0 bridgehead atoms. The van der Waals surface area contributed by atoms with E-state index >= 15 is 0 Å². The SMILES string of the molecule is Cc1ccc(Nc2ncnc3nn(-c4ccccn4)cc23)cc1. The molecule has 0 radical (unpaired) electrons. The van der Waals surface area contributed by atoms with Crippen LogP contribution in [0.5, 0.6) is 0 Å². The highest BCUT2D eigenvalue weighted by Crippen LogP contribution is 2.23. The number of fused-ring (bicyclic) bond motifs is 1. The first-order chi connectivity index (χ1) is 11.3. The molecule has 0 atom stereocenters. The van der Waals surface area contributed by atoms with E-state index in [0.717, 1.165) is 22.7 Å². The van der Waals surface area contributed by atoms with E-state index in [0.29, 0.717) is 5.65 Å². The summed E-state index contributed by atoms with van der Waals surface area (Å²) >= 11 is 0. The van der Waals surface area contributed by atoms with Crippen molar-refractivity contribution in [2.24, 2.45) is 0 Å². The lowest BCUT2D eigenvalue weighted by molar-refractivity contribution is 0.855. The van der Waals surface area contributed by atoms with Gasteiger partial charge in [0.25, 0.3) is 0 Å². The third kappa shape index (κ3) is 2.62. The third-order valence-electron chi connectivity index (χ3n) is 3.52. The van der Waals surface area contributed by atoms with Crippen LogP contribution in [0.15, 0.2) is 61.2 Å². The van der Waals surface area contributed by atoms with Gasteiger partial charge in [0.05, 0.1) is 5.39 Å². The van der Waals surface area contributed by atoms with Crippen LogP contribution in [0.2, 0.25) is 0 Å². The van der Waals surface area contributed by atoms with Crippen molar-refractivity contribution in [1.29, 1.82) is 0 Å². The molecule has 0 aliphatic carbocycles. The Kier molecular flexibility index (Phi) is 3.20. The smallest absolute Gasteiger partial charge is 0.186 e. The molecular formula is C17H14N6. The number of anilines is 2. The summed E-state index contributed by atoms with van der Waals surface area (Å²) in [5.41, 5.74) is 2.81. The van der Waals surface area contributed by atoms with Crippen molar-refractivity contribution in [3.8, 4) is 5.82 Å². The quantitative estimate of drug-likeness (QED) is 0.629. The Bertz CT molecular complexity index is 944. The molecule has 3 aromatic heterocycles. The highest BCUT2D eigenvalue weighted by atomic mass is 15.3. The van der Waals surface area contributed by atoms with Crippen LogP contribution in [0.3, 0.4) is 0 Å². The molecule has 0 unspecified atom stereocenters. The number of hydrogen-bond acceptors (Lipinski definition) is 5. The number of pyridine rings is 1. The number of aryl methyl sites for hydroxylation is 1. The minimum atomic E-state index is 0.625. The van der Waals surface area contributed by atoms with Crippen molar-refractivity contribution in [2.75, 3.05) is 5.32 Å². The molecule has 0 aliphatic rings. The molecule has 23 heavy (non-hydrogen) atoms. The van der Waals surface area contributed by atoms with Gasteiger partial charge in [-0.25, -0.2) is 19.6 Å². The standard InChI is InChI=1S/C17H14N6/c1-12-5-7-13(8-6-12)21-16-14-10-23(15-4-2-3-9-18-15)22-17(14)20-11-19-16/h2-11H,1H3,(H,19,20,21,22). The van der Waals surface area contributed by atoms with Crippen LogP contribution in [0.1, 0.15) is 5.56 Å². The molecule has 0 spiro atoms. The molecule has 6 nitrogen and oxygen atoms in total. The molecule has 0 amide bonds. The second-order valence-corrected chi connectivity index (χ2v) is 5.21. The van der Waals surface area contributed by atoms with Gasteiger partial charge in [-0.05, 0) is 31.2 Å². The maximum absolute atomic E-state index is 4.46. The fourth-order valence-corrected chi connectivity index (χ4v) is 2.32. The van der Waals surface area contributed by atoms with Gasteiger partial charge in [-0.15, -0.1) is 5.10 Å². The third-order valence-corrected chi connectivity index (χ3v) is 3.52. The lowest BCUT2D eigenvalue weighted by Crippen LogP contribution is -1.96. The van der Waals surface area contributed by atoms with E-state index < -0.39 is 0 Å². The predicted octanol–water partition coefficient (Wildman–Crippen LogP) is 3.26. The monoisotopic (exact) mass is 302 g/mol. The summed E-state index contributed by atoms with van der Waals surface area (Å²) in [6, 6.07) is 13.8. The van der Waals surface area contributed by atoms with Crippen molar-refractivity contribution >= 4 is 22.5 Å². The average molecular weight is 302 g/mol. The van der Waals surface area contributed by atoms with E-state index in [1.54, 1.807) is 10.9 Å². The molecule has 6 heteroatoms. The zero-order valence-electron chi connectivity index (χ0n) is 12.5. The van der Waals surface area contributed by atoms with Crippen molar-refractivity contribution in [3.63, 3.8) is 0 Å². The molecule has 3 heterocycles. The summed E-state index contributed by atoms with van der Waals surface area (Å²) < 4.78 is 1.71. The van der Waals surface area contributed by atoms with Crippen LogP contribution in [-0.2, 0) is 0 Å². The number of hydrogen-bond donors (Lipinski definition) is 1. The molecule has 0 aliphatic heterocycles. The first-order valence-corrected chi connectivity index (χ1v) is 7.25. The summed E-state index contributed by atoms with van der Waals surface area (Å²) in [7, 11) is 0. The van der Waals surface area contributed by atoms with E-state index in [-0.39, 0.29) is 0 Å². The highest BCUT2D eigenvalue weighted by Gasteiger charge is 2.10. The van der Waals surface area contributed by atoms with Crippen molar-refractivity contribution in [1.82, 2.24) is 24.7 Å². The molecule has 1 N–H and O–H groups in total. The second-order valence-electron chi connectivity index (χ2n) is 5.21. The second kappa shape index (κ2) is 5.49. The number of nitrogens with one attached hydrogen (secondary N) is 1. The molecule has 4 rings (SSSR count). The Hall–Kier alpha value is -3.28. The Balaban J connectivity index is 1.75. The zero-order chi connectivity index (χ0) is 15.6. The van der Waals surface area contributed by atoms with Crippen LogP contribution in [0.25, 0.3) is 16.9 Å². The normalized spacial score (nSPS) is 10.8. The minimum Gasteiger partial charge on any atom is -0.340 e. The van der Waals surface area contributed by atoms with Gasteiger partial charge < -0.3 is 5.32 Å². The van der Waals surface area contributed by atoms with Gasteiger partial charge in [0.15, 0.2) is 11.5 Å². The van der Waals surface area contributed by atoms with Gasteiger partial charge in [0, 0.05) is 18.1 Å². The predicted molar refractivity (Wildman–Crippen MR) is 88.9 cm³/mol. The average Bonchev–Trinajstić information content (AvgIpc) is 3.03. The van der Waals surface area contributed by atoms with Gasteiger partial charge in [-0.3, -0.25) is 0 Å². The maximum atomic E-state index is 4.46. The van der Waals surface area contributed by atoms with Crippen molar-refractivity contribution < 1.29 is 0 Å². The summed E-state index contributed by atoms with van der Waals surface area (Å²) in [5.74, 6) is 1.47. The maximum Gasteiger partial charge on any atom is 0.186 e. The van der Waals surface area contributed by atoms with Crippen LogP contribution < -0.4 is 5.32 Å². The van der Waals surface area contributed by atoms with Crippen LogP contribution in [0, 0.1) is 6.92 Å². The van der Waals surface area contributed by atoms with Crippen molar-refractivity contribution in [3.05, 3.63) is 66.7 Å². The van der Waals surface area contributed by atoms with E-state index in [2.05, 4.69) is 44.4 Å². The van der Waals surface area contributed by atoms with Gasteiger partial charge in [0.2, 0.25) is 0 Å². The van der Waals surface area contributed by atoms with Crippen LogP contribution in [-0.4, -0.2) is 24.7 Å². The van der Waals surface area contributed by atoms with E-state index in [1.165, 1.54) is 11.9 Å². The highest BCUT2D eigenvalue weighted by molar-refractivity contribution is 5.88. The fraction of sp³-hybridized carbons (Fsp3) is 0.0588. The number of rotatable bonds is 3. The van der Waals surface area contributed by atoms with Crippen LogP contribution >= 0.6 is 0 Å². The largest absolute Gasteiger partial charge is 0.340 e. The number of nitrogens with zero attached hydrogens (tertiary/aromatic N) is 5. The van der Waals surface area contributed by atoms with Gasteiger partial charge in [-0.2, -0.15) is 0 Å². The summed E-state index contributed by atoms with van der Waals surface area (Å²) in [4.78, 5) is 12.9. The molecule has 1 aromatic carbocycles. The van der Waals surface area contributed by atoms with E-state index in [1.807, 2.05) is 36.5 Å². The Labute approximate surface area is 132 Å². The van der Waals surface area contributed by atoms with E-state index in [9.17, 15) is 0 Å². The van der Waals surface area contributed by atoms with Crippen molar-refractivity contribution in [2.45, 2.75) is 6.92 Å². The topological polar surface area (TPSA) is 68.5 Å². The van der Waals surface area contributed by atoms with Crippen LogP contribution in [0.4, 0.5) is 11.5 Å². The van der Waals surface area contributed by atoms with Gasteiger partial charge in [0.1, 0.15) is 12.1 Å². The Morgan fingerprint density at radius 1 is 0.957 bits per heavy atom. The lowest BCUT2D eigenvalue weighted by Gasteiger charge is -2.05. The fourth-order valence-electron chi connectivity index (χ4n) is 2.32. The molecule has 0 fully saturated rings. The first kappa shape index (κ1) is 13.4. The molecule has 4 aromatic rings. The molecule has 112 valence electrons. The minimum absolute atomic E-state index is 0.625. The number of benzene rings is 1. The summed E-state index contributed by atoms with van der Waals surface area (Å²) in [6.07, 6.45) is 5.13. The van der Waals surface area contributed by atoms with E-state index in [4.69, 9.17) is 0 Å². The van der Waals surface area contributed by atoms with Gasteiger partial charge in [-0.1, -0.05) is 23.8 Å². The summed E-state index contributed by atoms with van der Waals surface area (Å²) in [6.45, 7) is 2.06. The lowest BCUT2D eigenvalue weighted by atomic mass is 10.2. The zero-order valence-corrected chi connectivity index (χ0v) is 12.5. The summed E-state index contributed by atoms with van der Waals surface area (Å²) in [5, 5.41) is 8.62. The molecule has 0 saturated carbocycles. The Morgan fingerprint density at radius 2 is 1.83 bits per heavy atom. The van der Waals surface area contributed by atoms with Gasteiger partial charge >= 0.3 is 0 Å². The first-order valence-electron chi connectivity index (χ1n) is 7.25. The molecule has 0 saturated heterocycles. The number of aromatic nitrogens is 5. The molecular weight excluding hydrogens is 288 g/mol.